The Labute approximate surface area is 196 Å². The fraction of sp³-hybridized carbons (Fsp3) is 0.0526. The van der Waals surface area contributed by atoms with Crippen LogP contribution < -0.4 is 20.7 Å². The van der Waals surface area contributed by atoms with Crippen molar-refractivity contribution < 1.29 is 28.8 Å². The molecule has 0 saturated carbocycles. The summed E-state index contributed by atoms with van der Waals surface area (Å²) in [6.07, 6.45) is 1.26. The van der Waals surface area contributed by atoms with Crippen molar-refractivity contribution in [1.29, 1.82) is 0 Å². The number of ether oxygens (including phenoxy) is 1. The summed E-state index contributed by atoms with van der Waals surface area (Å²) < 4.78 is 6.11. The Bertz CT molecular complexity index is 1170. The Morgan fingerprint density at radius 1 is 1.16 bits per heavy atom. The second kappa shape index (κ2) is 9.28. The molecule has 164 valence electrons. The number of anilines is 1. The smallest absolute Gasteiger partial charge is 0.335 e. The number of hydrogen-bond acceptors (Lipinski definition) is 7. The molecule has 0 atom stereocenters. The van der Waals surface area contributed by atoms with E-state index in [9.17, 15) is 29.3 Å². The number of benzene rings is 2. The number of nitro groups is 1. The van der Waals surface area contributed by atoms with E-state index in [1.165, 1.54) is 30.3 Å². The Kier molecular flexibility index (Phi) is 6.69. The summed E-state index contributed by atoms with van der Waals surface area (Å²) in [5.74, 6) is -2.20. The van der Waals surface area contributed by atoms with E-state index in [2.05, 4.69) is 37.2 Å². The zero-order valence-electron chi connectivity index (χ0n) is 15.8. The summed E-state index contributed by atoms with van der Waals surface area (Å²) in [4.78, 5) is 59.3. The lowest BCUT2D eigenvalue weighted by atomic mass is 10.1. The predicted octanol–water partition coefficient (Wildman–Crippen LogP) is 2.65. The van der Waals surface area contributed by atoms with E-state index >= 15 is 0 Å². The maximum absolute atomic E-state index is 12.9. The highest BCUT2D eigenvalue weighted by atomic mass is 79.9. The van der Waals surface area contributed by atoms with Crippen LogP contribution >= 0.6 is 31.9 Å². The van der Waals surface area contributed by atoms with Crippen molar-refractivity contribution >= 4 is 73.1 Å². The molecule has 1 aliphatic rings. The van der Waals surface area contributed by atoms with Gasteiger partial charge in [-0.1, -0.05) is 0 Å². The van der Waals surface area contributed by atoms with Gasteiger partial charge >= 0.3 is 6.03 Å². The molecule has 1 heterocycles. The van der Waals surface area contributed by atoms with Gasteiger partial charge in [0.05, 0.1) is 19.6 Å². The third kappa shape index (κ3) is 4.84. The predicted molar refractivity (Wildman–Crippen MR) is 119 cm³/mol. The lowest BCUT2D eigenvalue weighted by molar-refractivity contribution is -0.384. The van der Waals surface area contributed by atoms with Crippen LogP contribution in [0, 0.1) is 10.1 Å². The van der Waals surface area contributed by atoms with Crippen molar-refractivity contribution in [3.63, 3.8) is 0 Å². The van der Waals surface area contributed by atoms with Gasteiger partial charge in [-0.25, -0.2) is 9.69 Å². The minimum atomic E-state index is -0.983. The fourth-order valence-corrected chi connectivity index (χ4v) is 4.18. The number of carbonyl (C=O) groups is 4. The van der Waals surface area contributed by atoms with Crippen LogP contribution in [-0.2, 0) is 14.4 Å². The molecule has 0 radical (unpaired) electrons. The number of non-ortho nitro benzene ring substituents is 1. The number of rotatable bonds is 6. The number of barbiturate groups is 1. The monoisotopic (exact) mass is 566 g/mol. The number of hydrogen-bond donors (Lipinski definition) is 2. The number of urea groups is 1. The third-order valence-electron chi connectivity index (χ3n) is 4.11. The van der Waals surface area contributed by atoms with Crippen LogP contribution in [-0.4, -0.2) is 35.3 Å². The zero-order valence-corrected chi connectivity index (χ0v) is 19.0. The highest BCUT2D eigenvalue weighted by Crippen LogP contribution is 2.35. The van der Waals surface area contributed by atoms with E-state index in [0.29, 0.717) is 19.4 Å². The molecular weight excluding hydrogens is 556 g/mol. The number of imide groups is 2. The molecule has 3 N–H and O–H groups in total. The maximum Gasteiger partial charge on any atom is 0.335 e. The number of amides is 5. The lowest BCUT2D eigenvalue weighted by Gasteiger charge is -2.26. The molecule has 32 heavy (non-hydrogen) atoms. The van der Waals surface area contributed by atoms with Crippen molar-refractivity contribution in [2.24, 2.45) is 5.73 Å². The van der Waals surface area contributed by atoms with Crippen LogP contribution in [0.3, 0.4) is 0 Å². The molecule has 5 amide bonds. The average Bonchev–Trinajstić information content (AvgIpc) is 2.70. The van der Waals surface area contributed by atoms with Gasteiger partial charge in [-0.2, -0.15) is 0 Å². The van der Waals surface area contributed by atoms with Gasteiger partial charge < -0.3 is 10.5 Å². The van der Waals surface area contributed by atoms with E-state index in [4.69, 9.17) is 10.5 Å². The number of nitro benzene ring substituents is 1. The maximum atomic E-state index is 12.9. The van der Waals surface area contributed by atoms with Gasteiger partial charge in [-0.3, -0.25) is 29.8 Å². The highest BCUT2D eigenvalue weighted by molar-refractivity contribution is 9.11. The molecule has 0 aromatic heterocycles. The normalized spacial score (nSPS) is 15.0. The Morgan fingerprint density at radius 2 is 1.75 bits per heavy atom. The summed E-state index contributed by atoms with van der Waals surface area (Å²) in [6, 6.07) is 6.79. The highest BCUT2D eigenvalue weighted by Gasteiger charge is 2.37. The van der Waals surface area contributed by atoms with Gasteiger partial charge in [0.1, 0.15) is 11.3 Å². The molecule has 1 fully saturated rings. The number of nitrogens with two attached hydrogens (primary N) is 1. The lowest BCUT2D eigenvalue weighted by Crippen LogP contribution is -2.54. The molecule has 1 saturated heterocycles. The fourth-order valence-electron chi connectivity index (χ4n) is 2.73. The topological polar surface area (TPSA) is 162 Å². The van der Waals surface area contributed by atoms with Gasteiger partial charge in [0.2, 0.25) is 0 Å². The van der Waals surface area contributed by atoms with E-state index in [1.807, 2.05) is 0 Å². The van der Waals surface area contributed by atoms with E-state index in [-0.39, 0.29) is 29.3 Å². The number of nitrogens with zero attached hydrogens (tertiary/aromatic N) is 2. The first-order valence-electron chi connectivity index (χ1n) is 8.64. The molecule has 0 spiro atoms. The molecule has 2 aromatic rings. The number of nitrogens with one attached hydrogen (secondary N) is 1. The quantitative estimate of drug-likeness (QED) is 0.234. The second-order valence-electron chi connectivity index (χ2n) is 6.30. The van der Waals surface area contributed by atoms with Crippen molar-refractivity contribution in [2.75, 3.05) is 11.5 Å². The van der Waals surface area contributed by atoms with Crippen molar-refractivity contribution in [3.8, 4) is 5.75 Å². The van der Waals surface area contributed by atoms with Crippen LogP contribution in [0.4, 0.5) is 16.2 Å². The van der Waals surface area contributed by atoms with E-state index in [0.717, 1.165) is 12.1 Å². The first kappa shape index (κ1) is 23.1. The van der Waals surface area contributed by atoms with Crippen LogP contribution in [0.2, 0.25) is 0 Å². The van der Waals surface area contributed by atoms with E-state index in [1.54, 1.807) is 0 Å². The molecule has 13 heteroatoms. The number of carbonyl (C=O) groups excluding carboxylic acids is 4. The SMILES string of the molecule is NC(=O)COc1c(Br)cc(/C=C2\C(=O)NC(=O)N(c3ccc([N+](=O)[O-])cc3)C2=O)cc1Br. The summed E-state index contributed by atoms with van der Waals surface area (Å²) in [5, 5.41) is 12.9. The molecular formula is C19H12Br2N4O7. The van der Waals surface area contributed by atoms with Crippen molar-refractivity contribution in [1.82, 2.24) is 5.32 Å². The zero-order chi connectivity index (χ0) is 23.6. The molecule has 3 rings (SSSR count). The van der Waals surface area contributed by atoms with Crippen molar-refractivity contribution in [2.45, 2.75) is 0 Å². The number of halogens is 2. The largest absolute Gasteiger partial charge is 0.481 e. The van der Waals surface area contributed by atoms with Gasteiger partial charge in [0, 0.05) is 12.1 Å². The van der Waals surface area contributed by atoms with Gasteiger partial charge in [-0.05, 0) is 67.8 Å². The second-order valence-corrected chi connectivity index (χ2v) is 8.01. The molecule has 2 aromatic carbocycles. The summed E-state index contributed by atoms with van der Waals surface area (Å²) >= 11 is 6.56. The minimum absolute atomic E-state index is 0.0501. The summed E-state index contributed by atoms with van der Waals surface area (Å²) in [5.41, 5.74) is 4.95. The van der Waals surface area contributed by atoms with Crippen LogP contribution in [0.15, 0.2) is 50.9 Å². The van der Waals surface area contributed by atoms with Crippen molar-refractivity contribution in [3.05, 3.63) is 66.6 Å². The van der Waals surface area contributed by atoms with Gasteiger partial charge in [-0.15, -0.1) is 0 Å². The van der Waals surface area contributed by atoms with Gasteiger partial charge in [0.25, 0.3) is 23.4 Å². The Balaban J connectivity index is 1.95. The molecule has 1 aliphatic heterocycles. The first-order chi connectivity index (χ1) is 15.1. The number of primary amides is 1. The molecule has 0 aliphatic carbocycles. The molecule has 0 bridgehead atoms. The average molecular weight is 568 g/mol. The molecule has 11 nitrogen and oxygen atoms in total. The minimum Gasteiger partial charge on any atom is -0.481 e. The third-order valence-corrected chi connectivity index (χ3v) is 5.29. The Morgan fingerprint density at radius 3 is 2.28 bits per heavy atom. The summed E-state index contributed by atoms with van der Waals surface area (Å²) in [6.45, 7) is -0.356. The standard InChI is InChI=1S/C19H12Br2N4O7/c20-13-6-9(7-14(21)16(13)32-8-15(22)26)5-12-17(27)23-19(29)24(18(12)28)10-1-3-11(4-2-10)25(30)31/h1-7H,8H2,(H2,22,26)(H,23,27,29)/b12-5+. The van der Waals surface area contributed by atoms with E-state index < -0.39 is 28.7 Å². The Hall–Kier alpha value is -3.58. The summed E-state index contributed by atoms with van der Waals surface area (Å²) in [7, 11) is 0. The molecule has 0 unspecified atom stereocenters. The van der Waals surface area contributed by atoms with Crippen LogP contribution in [0.5, 0.6) is 5.75 Å². The van der Waals surface area contributed by atoms with Crippen LogP contribution in [0.1, 0.15) is 5.56 Å². The van der Waals surface area contributed by atoms with Crippen LogP contribution in [0.25, 0.3) is 6.08 Å². The first-order valence-corrected chi connectivity index (χ1v) is 10.2. The van der Waals surface area contributed by atoms with Gasteiger partial charge in [0.15, 0.2) is 6.61 Å².